The van der Waals surface area contributed by atoms with Crippen LogP contribution in [0.3, 0.4) is 0 Å². The van der Waals surface area contributed by atoms with E-state index >= 15 is 0 Å². The van der Waals surface area contributed by atoms with Crippen molar-refractivity contribution in [2.75, 3.05) is 58.7 Å². The number of anilines is 1. The highest BCUT2D eigenvalue weighted by Gasteiger charge is 2.20. The first-order chi connectivity index (χ1) is 11.0. The lowest BCUT2D eigenvalue weighted by molar-refractivity contribution is 0.140. The fourth-order valence-corrected chi connectivity index (χ4v) is 2.67. The van der Waals surface area contributed by atoms with E-state index in [0.29, 0.717) is 5.92 Å². The van der Waals surface area contributed by atoms with E-state index < -0.39 is 0 Å². The Morgan fingerprint density at radius 3 is 2.26 bits per heavy atom. The van der Waals surface area contributed by atoms with Crippen molar-refractivity contribution in [3.8, 4) is 0 Å². The van der Waals surface area contributed by atoms with Crippen LogP contribution >= 0.6 is 0 Å². The first-order valence-corrected chi connectivity index (χ1v) is 8.48. The summed E-state index contributed by atoms with van der Waals surface area (Å²) < 4.78 is 0. The summed E-state index contributed by atoms with van der Waals surface area (Å²) in [6, 6.07) is 8.15. The van der Waals surface area contributed by atoms with Gasteiger partial charge in [0.15, 0.2) is 0 Å². The second-order valence-corrected chi connectivity index (χ2v) is 6.84. The maximum Gasteiger partial charge on any atom is 0.321 e. The summed E-state index contributed by atoms with van der Waals surface area (Å²) in [4.78, 5) is 18.9. The van der Waals surface area contributed by atoms with Crippen molar-refractivity contribution in [1.29, 1.82) is 0 Å². The van der Waals surface area contributed by atoms with Crippen LogP contribution in [-0.2, 0) is 0 Å². The largest absolute Gasteiger partial charge is 0.322 e. The number of likely N-dealkylation sites (N-methyl/N-ethyl adjacent to an activating group) is 1. The molecule has 0 saturated carbocycles. The highest BCUT2D eigenvalue weighted by Crippen LogP contribution is 2.17. The molecule has 0 aromatic heterocycles. The average Bonchev–Trinajstić information content (AvgIpc) is 2.54. The molecular weight excluding hydrogens is 288 g/mol. The maximum atomic E-state index is 12.3. The third-order valence-corrected chi connectivity index (χ3v) is 4.35. The van der Waals surface area contributed by atoms with E-state index in [9.17, 15) is 4.79 Å². The smallest absolute Gasteiger partial charge is 0.321 e. The minimum atomic E-state index is 0.00885. The molecule has 0 bridgehead atoms. The van der Waals surface area contributed by atoms with E-state index in [2.05, 4.69) is 55.2 Å². The molecule has 1 fully saturated rings. The van der Waals surface area contributed by atoms with Crippen LogP contribution in [0.1, 0.15) is 25.3 Å². The zero-order chi connectivity index (χ0) is 16.8. The topological polar surface area (TPSA) is 38.8 Å². The van der Waals surface area contributed by atoms with Gasteiger partial charge in [0, 0.05) is 45.0 Å². The standard InChI is InChI=1S/C18H30N4O/c1-15(2)16-5-7-17(8-6-16)19-18(23)22-13-11-21(12-14-22)10-9-20(3)4/h5-8,15H,9-14H2,1-4H3,(H,19,23). The fraction of sp³-hybridized carbons (Fsp3) is 0.611. The van der Waals surface area contributed by atoms with Crippen molar-refractivity contribution in [3.63, 3.8) is 0 Å². The van der Waals surface area contributed by atoms with Crippen molar-refractivity contribution in [2.24, 2.45) is 0 Å². The molecule has 1 saturated heterocycles. The Balaban J connectivity index is 1.78. The van der Waals surface area contributed by atoms with Gasteiger partial charge in [-0.2, -0.15) is 0 Å². The molecule has 1 aromatic rings. The van der Waals surface area contributed by atoms with Crippen molar-refractivity contribution in [3.05, 3.63) is 29.8 Å². The van der Waals surface area contributed by atoms with E-state index in [4.69, 9.17) is 0 Å². The Labute approximate surface area is 140 Å². The van der Waals surface area contributed by atoms with Gasteiger partial charge in [0.2, 0.25) is 0 Å². The van der Waals surface area contributed by atoms with Crippen molar-refractivity contribution < 1.29 is 4.79 Å². The molecule has 0 spiro atoms. The summed E-state index contributed by atoms with van der Waals surface area (Å²) in [5.41, 5.74) is 2.16. The molecule has 128 valence electrons. The molecule has 0 aliphatic carbocycles. The van der Waals surface area contributed by atoms with Gasteiger partial charge in [0.05, 0.1) is 0 Å². The molecule has 1 aliphatic heterocycles. The molecule has 5 nitrogen and oxygen atoms in total. The molecule has 1 N–H and O–H groups in total. The van der Waals surface area contributed by atoms with Gasteiger partial charge in [-0.05, 0) is 37.7 Å². The minimum absolute atomic E-state index is 0.00885. The predicted molar refractivity (Wildman–Crippen MR) is 96.1 cm³/mol. The van der Waals surface area contributed by atoms with E-state index in [1.54, 1.807) is 0 Å². The van der Waals surface area contributed by atoms with Crippen LogP contribution in [0.25, 0.3) is 0 Å². The molecule has 0 radical (unpaired) electrons. The van der Waals surface area contributed by atoms with E-state index in [-0.39, 0.29) is 6.03 Å². The molecule has 0 unspecified atom stereocenters. The Kier molecular flexibility index (Phi) is 6.42. The summed E-state index contributed by atoms with van der Waals surface area (Å²) in [7, 11) is 4.18. The maximum absolute atomic E-state index is 12.3. The molecular formula is C18H30N4O. The van der Waals surface area contributed by atoms with Crippen LogP contribution in [0.15, 0.2) is 24.3 Å². The number of nitrogens with zero attached hydrogens (tertiary/aromatic N) is 3. The molecule has 5 heteroatoms. The molecule has 0 atom stereocenters. The summed E-state index contributed by atoms with van der Waals surface area (Å²) in [6.45, 7) is 9.97. The number of hydrogen-bond donors (Lipinski definition) is 1. The van der Waals surface area contributed by atoms with Crippen molar-refractivity contribution in [2.45, 2.75) is 19.8 Å². The number of carbonyl (C=O) groups excluding carboxylic acids is 1. The van der Waals surface area contributed by atoms with Crippen molar-refractivity contribution in [1.82, 2.24) is 14.7 Å². The number of benzene rings is 1. The monoisotopic (exact) mass is 318 g/mol. The molecule has 2 amide bonds. The van der Waals surface area contributed by atoms with Gasteiger partial charge in [-0.25, -0.2) is 4.79 Å². The summed E-state index contributed by atoms with van der Waals surface area (Å²) in [5, 5.41) is 3.00. The van der Waals surface area contributed by atoms with Gasteiger partial charge in [-0.1, -0.05) is 26.0 Å². The first kappa shape index (κ1) is 17.8. The molecule has 2 rings (SSSR count). The first-order valence-electron chi connectivity index (χ1n) is 8.48. The quantitative estimate of drug-likeness (QED) is 0.907. The summed E-state index contributed by atoms with van der Waals surface area (Å²) >= 11 is 0. The van der Waals surface area contributed by atoms with Gasteiger partial charge < -0.3 is 15.1 Å². The van der Waals surface area contributed by atoms with Crippen LogP contribution in [-0.4, -0.2) is 74.1 Å². The van der Waals surface area contributed by atoms with Crippen LogP contribution in [0.5, 0.6) is 0 Å². The second-order valence-electron chi connectivity index (χ2n) is 6.84. The SMILES string of the molecule is CC(C)c1ccc(NC(=O)N2CCN(CCN(C)C)CC2)cc1. The highest BCUT2D eigenvalue weighted by atomic mass is 16.2. The highest BCUT2D eigenvalue weighted by molar-refractivity contribution is 5.89. The lowest BCUT2D eigenvalue weighted by Gasteiger charge is -2.35. The van der Waals surface area contributed by atoms with Gasteiger partial charge in [0.1, 0.15) is 0 Å². The van der Waals surface area contributed by atoms with Crippen molar-refractivity contribution >= 4 is 11.7 Å². The predicted octanol–water partition coefficient (Wildman–Crippen LogP) is 2.52. The third kappa shape index (κ3) is 5.52. The van der Waals surface area contributed by atoms with E-state index in [0.717, 1.165) is 45.0 Å². The molecule has 23 heavy (non-hydrogen) atoms. The van der Waals surface area contributed by atoms with Gasteiger partial charge in [-0.3, -0.25) is 4.90 Å². The lowest BCUT2D eigenvalue weighted by Crippen LogP contribution is -2.51. The normalized spacial score (nSPS) is 16.2. The average molecular weight is 318 g/mol. The molecule has 1 heterocycles. The number of carbonyl (C=O) groups is 1. The third-order valence-electron chi connectivity index (χ3n) is 4.35. The molecule has 1 aromatic carbocycles. The zero-order valence-electron chi connectivity index (χ0n) is 14.9. The fourth-order valence-electron chi connectivity index (χ4n) is 2.67. The van der Waals surface area contributed by atoms with Gasteiger partial charge in [-0.15, -0.1) is 0 Å². The number of urea groups is 1. The molecule has 1 aliphatic rings. The number of rotatable bonds is 5. The van der Waals surface area contributed by atoms with Gasteiger partial charge in [0.25, 0.3) is 0 Å². The van der Waals surface area contributed by atoms with Crippen LogP contribution in [0.4, 0.5) is 10.5 Å². The van der Waals surface area contributed by atoms with E-state index in [1.807, 2.05) is 17.0 Å². The Morgan fingerprint density at radius 1 is 1.13 bits per heavy atom. The summed E-state index contributed by atoms with van der Waals surface area (Å²) in [5.74, 6) is 0.509. The van der Waals surface area contributed by atoms with E-state index in [1.165, 1.54) is 5.56 Å². The second kappa shape index (κ2) is 8.31. The van der Waals surface area contributed by atoms with Crippen LogP contribution < -0.4 is 5.32 Å². The Hall–Kier alpha value is -1.59. The summed E-state index contributed by atoms with van der Waals surface area (Å²) in [6.07, 6.45) is 0. The van der Waals surface area contributed by atoms with Crippen LogP contribution in [0.2, 0.25) is 0 Å². The number of amides is 2. The number of piperazine rings is 1. The minimum Gasteiger partial charge on any atom is -0.322 e. The van der Waals surface area contributed by atoms with Crippen LogP contribution in [0, 0.1) is 0 Å². The lowest BCUT2D eigenvalue weighted by atomic mass is 10.0. The number of hydrogen-bond acceptors (Lipinski definition) is 3. The number of nitrogens with one attached hydrogen (secondary N) is 1. The Morgan fingerprint density at radius 2 is 1.74 bits per heavy atom. The van der Waals surface area contributed by atoms with Gasteiger partial charge >= 0.3 is 6.03 Å². The zero-order valence-corrected chi connectivity index (χ0v) is 14.9. The Bertz CT molecular complexity index is 490.